The van der Waals surface area contributed by atoms with E-state index in [-0.39, 0.29) is 18.2 Å². The molecule has 0 aliphatic carbocycles. The van der Waals surface area contributed by atoms with Crippen molar-refractivity contribution in [1.29, 1.82) is 0 Å². The van der Waals surface area contributed by atoms with Crippen molar-refractivity contribution in [2.75, 3.05) is 13.7 Å². The average molecular weight is 198 g/mol. The summed E-state index contributed by atoms with van der Waals surface area (Å²) >= 11 is 0. The van der Waals surface area contributed by atoms with E-state index in [1.54, 1.807) is 7.05 Å². The van der Waals surface area contributed by atoms with Crippen LogP contribution in [0.5, 0.6) is 0 Å². The van der Waals surface area contributed by atoms with E-state index in [0.29, 0.717) is 0 Å². The maximum absolute atomic E-state index is 11.4. The number of carbonyl (C=O) groups is 2. The number of fused-ring (bicyclic) bond motifs is 1. The van der Waals surface area contributed by atoms with E-state index in [2.05, 4.69) is 5.32 Å². The molecule has 0 spiro atoms. The lowest BCUT2D eigenvalue weighted by atomic mass is 10.0. The van der Waals surface area contributed by atoms with E-state index in [9.17, 15) is 9.59 Å². The second kappa shape index (κ2) is 3.07. The molecular weight excluding hydrogens is 188 g/mol. The summed E-state index contributed by atoms with van der Waals surface area (Å²) in [6, 6.07) is -0.418. The minimum absolute atomic E-state index is 0.0118. The van der Waals surface area contributed by atoms with Crippen LogP contribution in [0.15, 0.2) is 11.8 Å². The van der Waals surface area contributed by atoms with Crippen molar-refractivity contribution in [2.24, 2.45) is 0 Å². The molecule has 1 fully saturated rings. The van der Waals surface area contributed by atoms with Crippen LogP contribution >= 0.6 is 0 Å². The van der Waals surface area contributed by atoms with Crippen molar-refractivity contribution < 1.29 is 19.4 Å². The Hall–Kier alpha value is -1.40. The Balaban J connectivity index is 2.23. The van der Waals surface area contributed by atoms with Crippen molar-refractivity contribution >= 4 is 11.9 Å². The third-order valence-corrected chi connectivity index (χ3v) is 2.38. The number of rotatable bonds is 2. The van der Waals surface area contributed by atoms with Gasteiger partial charge in [0.15, 0.2) is 6.23 Å². The van der Waals surface area contributed by atoms with Gasteiger partial charge in [-0.1, -0.05) is 0 Å². The third-order valence-electron chi connectivity index (χ3n) is 2.38. The zero-order chi connectivity index (χ0) is 10.3. The number of hydrogen-bond acceptors (Lipinski definition) is 4. The number of carboxylic acids is 1. The molecular formula is C8H10N2O4. The van der Waals surface area contributed by atoms with Crippen molar-refractivity contribution in [2.45, 2.75) is 12.3 Å². The SMILES string of the molecule is CNC1C(=O)N2C(C(=O)O)=CCOC12. The highest BCUT2D eigenvalue weighted by molar-refractivity contribution is 5.99. The lowest BCUT2D eigenvalue weighted by molar-refractivity contribution is -0.182. The molecule has 2 heterocycles. The molecule has 1 saturated heterocycles. The Bertz CT molecular complexity index is 325. The molecule has 6 heteroatoms. The van der Waals surface area contributed by atoms with Crippen molar-refractivity contribution in [3.8, 4) is 0 Å². The predicted molar refractivity (Wildman–Crippen MR) is 45.2 cm³/mol. The van der Waals surface area contributed by atoms with Crippen LogP contribution in [0.3, 0.4) is 0 Å². The Kier molecular flexibility index (Phi) is 2.01. The number of nitrogens with one attached hydrogen (secondary N) is 1. The highest BCUT2D eigenvalue weighted by Gasteiger charge is 2.51. The lowest BCUT2D eigenvalue weighted by Gasteiger charge is -2.47. The number of amides is 1. The van der Waals surface area contributed by atoms with Gasteiger partial charge in [-0.3, -0.25) is 9.69 Å². The van der Waals surface area contributed by atoms with Gasteiger partial charge in [-0.15, -0.1) is 0 Å². The first kappa shape index (κ1) is 9.17. The topological polar surface area (TPSA) is 78.9 Å². The molecule has 0 radical (unpaired) electrons. The number of ether oxygens (including phenoxy) is 1. The number of aliphatic carboxylic acids is 1. The fraction of sp³-hybridized carbons (Fsp3) is 0.500. The molecule has 1 amide bonds. The van der Waals surface area contributed by atoms with Crippen LogP contribution in [0.1, 0.15) is 0 Å². The molecule has 0 aromatic heterocycles. The summed E-state index contributed by atoms with van der Waals surface area (Å²) in [4.78, 5) is 23.3. The van der Waals surface area contributed by atoms with Crippen LogP contribution in [-0.4, -0.2) is 47.8 Å². The average Bonchev–Trinajstić information content (AvgIpc) is 2.16. The first-order valence-electron chi connectivity index (χ1n) is 4.22. The van der Waals surface area contributed by atoms with Crippen LogP contribution in [-0.2, 0) is 14.3 Å². The summed E-state index contributed by atoms with van der Waals surface area (Å²) in [5.41, 5.74) is 0.0118. The van der Waals surface area contributed by atoms with E-state index in [0.717, 1.165) is 4.90 Å². The normalized spacial score (nSPS) is 30.5. The van der Waals surface area contributed by atoms with Crippen molar-refractivity contribution in [3.05, 3.63) is 11.8 Å². The summed E-state index contributed by atoms with van der Waals surface area (Å²) < 4.78 is 5.23. The smallest absolute Gasteiger partial charge is 0.352 e. The Morgan fingerprint density at radius 2 is 2.50 bits per heavy atom. The summed E-state index contributed by atoms with van der Waals surface area (Å²) in [6.45, 7) is 0.230. The molecule has 2 atom stereocenters. The molecule has 2 unspecified atom stereocenters. The second-order valence-corrected chi connectivity index (χ2v) is 3.09. The van der Waals surface area contributed by atoms with Gasteiger partial charge < -0.3 is 15.2 Å². The van der Waals surface area contributed by atoms with Crippen molar-refractivity contribution in [3.63, 3.8) is 0 Å². The molecule has 6 nitrogen and oxygen atoms in total. The number of carbonyl (C=O) groups excluding carboxylic acids is 1. The highest BCUT2D eigenvalue weighted by atomic mass is 16.5. The molecule has 14 heavy (non-hydrogen) atoms. The fourth-order valence-electron chi connectivity index (χ4n) is 1.67. The largest absolute Gasteiger partial charge is 0.477 e. The van der Waals surface area contributed by atoms with E-state index in [4.69, 9.17) is 9.84 Å². The number of carboxylic acid groups (broad SMARTS) is 1. The third kappa shape index (κ3) is 1.04. The standard InChI is InChI=1S/C8H10N2O4/c1-9-5-6(11)10-4(8(12)13)2-3-14-7(5)10/h2,5,7,9H,3H2,1H3,(H,12,13). The maximum atomic E-state index is 11.4. The first-order valence-corrected chi connectivity index (χ1v) is 4.22. The van der Waals surface area contributed by atoms with Gasteiger partial charge in [0.2, 0.25) is 0 Å². The minimum Gasteiger partial charge on any atom is -0.477 e. The van der Waals surface area contributed by atoms with Crippen LogP contribution in [0.25, 0.3) is 0 Å². The van der Waals surface area contributed by atoms with Gasteiger partial charge >= 0.3 is 5.97 Å². The monoisotopic (exact) mass is 198 g/mol. The molecule has 0 aromatic rings. The Labute approximate surface area is 80.1 Å². The van der Waals surface area contributed by atoms with Crippen LogP contribution in [0.4, 0.5) is 0 Å². The summed E-state index contributed by atoms with van der Waals surface area (Å²) in [7, 11) is 1.64. The Morgan fingerprint density at radius 3 is 3.07 bits per heavy atom. The zero-order valence-electron chi connectivity index (χ0n) is 7.56. The second-order valence-electron chi connectivity index (χ2n) is 3.09. The van der Waals surface area contributed by atoms with E-state index >= 15 is 0 Å². The summed E-state index contributed by atoms with van der Waals surface area (Å²) in [6.07, 6.45) is 0.923. The quantitative estimate of drug-likeness (QED) is 0.541. The maximum Gasteiger partial charge on any atom is 0.352 e. The molecule has 2 aliphatic heterocycles. The van der Waals surface area contributed by atoms with Crippen molar-refractivity contribution in [1.82, 2.24) is 10.2 Å². The minimum atomic E-state index is -1.10. The predicted octanol–water partition coefficient (Wildman–Crippen LogP) is -1.26. The molecule has 2 aliphatic rings. The van der Waals surface area contributed by atoms with E-state index < -0.39 is 18.2 Å². The molecule has 0 bridgehead atoms. The number of likely N-dealkylation sites (N-methyl/N-ethyl adjacent to an activating group) is 1. The van der Waals surface area contributed by atoms with Gasteiger partial charge in [0.25, 0.3) is 5.91 Å². The lowest BCUT2D eigenvalue weighted by Crippen LogP contribution is -2.71. The number of hydrogen-bond donors (Lipinski definition) is 2. The number of nitrogens with zero attached hydrogens (tertiary/aromatic N) is 1. The number of β-lactam (4-membered cyclic amide) rings is 1. The molecule has 0 saturated carbocycles. The zero-order valence-corrected chi connectivity index (χ0v) is 7.56. The van der Waals surface area contributed by atoms with Gasteiger partial charge in [0.1, 0.15) is 11.7 Å². The first-order chi connectivity index (χ1) is 6.66. The summed E-state index contributed by atoms with van der Waals surface area (Å²) in [5.74, 6) is -1.35. The van der Waals surface area contributed by atoms with Gasteiger partial charge in [-0.25, -0.2) is 4.79 Å². The highest BCUT2D eigenvalue weighted by Crippen LogP contribution is 2.29. The molecule has 2 N–H and O–H groups in total. The van der Waals surface area contributed by atoms with E-state index in [1.165, 1.54) is 6.08 Å². The molecule has 2 rings (SSSR count). The van der Waals surface area contributed by atoms with Gasteiger partial charge in [-0.2, -0.15) is 0 Å². The van der Waals surface area contributed by atoms with Gasteiger partial charge in [0.05, 0.1) is 6.61 Å². The fourth-order valence-corrected chi connectivity index (χ4v) is 1.67. The molecule has 0 aromatic carbocycles. The van der Waals surface area contributed by atoms with Crippen LogP contribution < -0.4 is 5.32 Å². The van der Waals surface area contributed by atoms with Gasteiger partial charge in [-0.05, 0) is 13.1 Å². The van der Waals surface area contributed by atoms with Gasteiger partial charge in [0, 0.05) is 0 Å². The molecule has 76 valence electrons. The van der Waals surface area contributed by atoms with Crippen LogP contribution in [0, 0.1) is 0 Å². The summed E-state index contributed by atoms with van der Waals surface area (Å²) in [5, 5.41) is 11.6. The van der Waals surface area contributed by atoms with Crippen LogP contribution in [0.2, 0.25) is 0 Å². The Morgan fingerprint density at radius 1 is 1.79 bits per heavy atom. The van der Waals surface area contributed by atoms with E-state index in [1.807, 2.05) is 0 Å².